The van der Waals surface area contributed by atoms with Crippen LogP contribution in [-0.4, -0.2) is 28.0 Å². The lowest BCUT2D eigenvalue weighted by molar-refractivity contribution is -0.127. The van der Waals surface area contributed by atoms with Crippen LogP contribution in [0.25, 0.3) is 11.1 Å². The van der Waals surface area contributed by atoms with Crippen LogP contribution in [0.2, 0.25) is 0 Å². The van der Waals surface area contributed by atoms with E-state index < -0.39 is 5.54 Å². The van der Waals surface area contributed by atoms with Crippen molar-refractivity contribution in [3.05, 3.63) is 53.4 Å². The number of hydrogen-bond acceptors (Lipinski definition) is 3. The van der Waals surface area contributed by atoms with Gasteiger partial charge in [-0.1, -0.05) is 31.4 Å². The Morgan fingerprint density at radius 3 is 2.71 bits per heavy atom. The summed E-state index contributed by atoms with van der Waals surface area (Å²) < 4.78 is 7.49. The predicted octanol–water partition coefficient (Wildman–Crippen LogP) is 4.72. The fourth-order valence-corrected chi connectivity index (χ4v) is 5.16. The zero-order chi connectivity index (χ0) is 21.8. The third-order valence-electron chi connectivity index (χ3n) is 7.15. The first-order valence-electron chi connectivity index (χ1n) is 11.2. The molecule has 1 unspecified atom stereocenters. The fraction of sp³-hybridized carbons (Fsp3) is 0.440. The van der Waals surface area contributed by atoms with Gasteiger partial charge in [0.1, 0.15) is 11.2 Å². The molecule has 2 aromatic heterocycles. The Hall–Kier alpha value is -3.02. The van der Waals surface area contributed by atoms with E-state index in [9.17, 15) is 9.59 Å². The molecule has 3 heterocycles. The second-order valence-electron chi connectivity index (χ2n) is 9.23. The van der Waals surface area contributed by atoms with Crippen LogP contribution in [0.3, 0.4) is 0 Å². The second kappa shape index (κ2) is 7.29. The topological polar surface area (TPSA) is 67.5 Å². The molecule has 2 aliphatic rings. The number of carbonyl (C=O) groups is 2. The highest BCUT2D eigenvalue weighted by molar-refractivity contribution is 6.14. The maximum atomic E-state index is 13.8. The van der Waals surface area contributed by atoms with Crippen LogP contribution in [0.1, 0.15) is 60.6 Å². The summed E-state index contributed by atoms with van der Waals surface area (Å²) in [6.45, 7) is 6.31. The van der Waals surface area contributed by atoms with Crippen molar-refractivity contribution in [2.24, 2.45) is 0 Å². The van der Waals surface area contributed by atoms with E-state index in [1.807, 2.05) is 49.6 Å². The SMILES string of the molecule is Cc1cccc(N2C(=O)c3cc4occc4n3CC2(C)C(=O)NC2CCCCC2)c1C. The number of hydrogen-bond donors (Lipinski definition) is 1. The number of carbonyl (C=O) groups excluding carboxylic acids is 2. The average Bonchev–Trinajstić information content (AvgIpc) is 3.34. The first-order chi connectivity index (χ1) is 14.9. The number of fused-ring (bicyclic) bond motifs is 3. The van der Waals surface area contributed by atoms with Crippen molar-refractivity contribution in [2.75, 3.05) is 4.90 Å². The number of rotatable bonds is 3. The molecular formula is C25H29N3O3. The van der Waals surface area contributed by atoms with E-state index in [4.69, 9.17) is 4.42 Å². The van der Waals surface area contributed by atoms with E-state index >= 15 is 0 Å². The molecule has 6 heteroatoms. The first kappa shape index (κ1) is 19.9. The Morgan fingerprint density at radius 1 is 1.16 bits per heavy atom. The molecule has 6 nitrogen and oxygen atoms in total. The average molecular weight is 420 g/mol. The zero-order valence-corrected chi connectivity index (χ0v) is 18.4. The molecule has 1 N–H and O–H groups in total. The minimum absolute atomic E-state index is 0.0929. The van der Waals surface area contributed by atoms with Gasteiger partial charge in [-0.3, -0.25) is 14.5 Å². The van der Waals surface area contributed by atoms with Gasteiger partial charge in [0.2, 0.25) is 5.91 Å². The van der Waals surface area contributed by atoms with E-state index in [1.54, 1.807) is 17.2 Å². The number of anilines is 1. The number of nitrogens with one attached hydrogen (secondary N) is 1. The van der Waals surface area contributed by atoms with Crippen molar-refractivity contribution in [3.8, 4) is 0 Å². The van der Waals surface area contributed by atoms with Gasteiger partial charge in [0.15, 0.2) is 5.58 Å². The van der Waals surface area contributed by atoms with Crippen molar-refractivity contribution in [2.45, 2.75) is 71.0 Å². The third-order valence-corrected chi connectivity index (χ3v) is 7.15. The third kappa shape index (κ3) is 3.08. The smallest absolute Gasteiger partial charge is 0.276 e. The van der Waals surface area contributed by atoms with Crippen LogP contribution in [-0.2, 0) is 11.3 Å². The molecule has 5 rings (SSSR count). The van der Waals surface area contributed by atoms with Gasteiger partial charge in [-0.15, -0.1) is 0 Å². The van der Waals surface area contributed by atoms with Crippen molar-refractivity contribution in [3.63, 3.8) is 0 Å². The van der Waals surface area contributed by atoms with E-state index in [0.29, 0.717) is 17.8 Å². The minimum Gasteiger partial charge on any atom is -0.463 e. The molecule has 0 radical (unpaired) electrons. The number of amides is 2. The second-order valence-corrected chi connectivity index (χ2v) is 9.23. The lowest BCUT2D eigenvalue weighted by Crippen LogP contribution is -2.65. The summed E-state index contributed by atoms with van der Waals surface area (Å²) in [7, 11) is 0. The molecule has 0 spiro atoms. The molecule has 1 atom stereocenters. The van der Waals surface area contributed by atoms with Gasteiger partial charge in [-0.2, -0.15) is 0 Å². The normalized spacial score (nSPS) is 22.0. The minimum atomic E-state index is -1.05. The van der Waals surface area contributed by atoms with Crippen molar-refractivity contribution in [1.82, 2.24) is 9.88 Å². The molecule has 162 valence electrons. The highest BCUT2D eigenvalue weighted by atomic mass is 16.3. The number of benzene rings is 1. The van der Waals surface area contributed by atoms with Crippen LogP contribution in [0.15, 0.2) is 41.0 Å². The number of nitrogens with zero attached hydrogens (tertiary/aromatic N) is 2. The summed E-state index contributed by atoms with van der Waals surface area (Å²) in [6, 6.07) is 9.74. The molecule has 1 aliphatic heterocycles. The van der Waals surface area contributed by atoms with Crippen molar-refractivity contribution >= 4 is 28.6 Å². The number of aromatic nitrogens is 1. The molecule has 3 aromatic rings. The van der Waals surface area contributed by atoms with E-state index in [-0.39, 0.29) is 17.9 Å². The maximum Gasteiger partial charge on any atom is 0.276 e. The Kier molecular flexibility index (Phi) is 4.68. The monoisotopic (exact) mass is 419 g/mol. The number of aryl methyl sites for hydroxylation is 1. The summed E-state index contributed by atoms with van der Waals surface area (Å²) in [5.74, 6) is -0.266. The van der Waals surface area contributed by atoms with Crippen LogP contribution in [0.4, 0.5) is 5.69 Å². The summed E-state index contributed by atoms with van der Waals surface area (Å²) in [6.07, 6.45) is 7.12. The van der Waals surface area contributed by atoms with Gasteiger partial charge < -0.3 is 14.3 Å². The standard InChI is InChI=1S/C25H29N3O3/c1-16-8-7-11-19(17(16)2)28-23(29)21-14-22-20(12-13-31-22)27(21)15-25(28,3)24(30)26-18-9-5-4-6-10-18/h7-8,11-14,18H,4-6,9-10,15H2,1-3H3,(H,26,30). The molecule has 0 saturated heterocycles. The van der Waals surface area contributed by atoms with Gasteiger partial charge in [-0.05, 0) is 50.8 Å². The molecule has 1 aromatic carbocycles. The first-order valence-corrected chi connectivity index (χ1v) is 11.2. The number of furan rings is 1. The molecule has 1 saturated carbocycles. The van der Waals surface area contributed by atoms with Gasteiger partial charge in [-0.25, -0.2) is 0 Å². The lowest BCUT2D eigenvalue weighted by atomic mass is 9.90. The van der Waals surface area contributed by atoms with Crippen LogP contribution in [0, 0.1) is 13.8 Å². The summed E-state index contributed by atoms with van der Waals surface area (Å²) in [5.41, 5.74) is 3.91. The Bertz CT molecular complexity index is 1170. The molecule has 31 heavy (non-hydrogen) atoms. The lowest BCUT2D eigenvalue weighted by Gasteiger charge is -2.45. The van der Waals surface area contributed by atoms with Crippen molar-refractivity contribution in [1.29, 1.82) is 0 Å². The fourth-order valence-electron chi connectivity index (χ4n) is 5.16. The molecule has 0 bridgehead atoms. The van der Waals surface area contributed by atoms with E-state index in [1.165, 1.54) is 6.42 Å². The van der Waals surface area contributed by atoms with Crippen LogP contribution < -0.4 is 10.2 Å². The molecule has 1 aliphatic carbocycles. The van der Waals surface area contributed by atoms with Crippen molar-refractivity contribution < 1.29 is 14.0 Å². The maximum absolute atomic E-state index is 13.8. The van der Waals surface area contributed by atoms with E-state index in [2.05, 4.69) is 5.32 Å². The Balaban J connectivity index is 1.63. The highest BCUT2D eigenvalue weighted by Gasteiger charge is 2.49. The molecular weight excluding hydrogens is 390 g/mol. The zero-order valence-electron chi connectivity index (χ0n) is 18.4. The summed E-state index contributed by atoms with van der Waals surface area (Å²) >= 11 is 0. The quantitative estimate of drug-likeness (QED) is 0.668. The van der Waals surface area contributed by atoms with Gasteiger partial charge in [0, 0.05) is 23.9 Å². The van der Waals surface area contributed by atoms with Gasteiger partial charge in [0.05, 0.1) is 18.3 Å². The van der Waals surface area contributed by atoms with Gasteiger partial charge in [0.25, 0.3) is 5.91 Å². The van der Waals surface area contributed by atoms with Crippen LogP contribution in [0.5, 0.6) is 0 Å². The molecule has 1 fully saturated rings. The molecule has 2 amide bonds. The van der Waals surface area contributed by atoms with Gasteiger partial charge >= 0.3 is 0 Å². The summed E-state index contributed by atoms with van der Waals surface area (Å²) in [5, 5.41) is 3.28. The predicted molar refractivity (Wildman–Crippen MR) is 120 cm³/mol. The highest BCUT2D eigenvalue weighted by Crippen LogP contribution is 2.38. The van der Waals surface area contributed by atoms with E-state index in [0.717, 1.165) is 48.0 Å². The summed E-state index contributed by atoms with van der Waals surface area (Å²) in [4.78, 5) is 29.3. The van der Waals surface area contributed by atoms with Crippen LogP contribution >= 0.6 is 0 Å². The Labute approximate surface area is 182 Å². The largest absolute Gasteiger partial charge is 0.463 e. The Morgan fingerprint density at radius 2 is 1.94 bits per heavy atom.